The number of aryl methyl sites for hydroxylation is 1. The van der Waals surface area contributed by atoms with E-state index in [0.29, 0.717) is 5.56 Å². The Morgan fingerprint density at radius 1 is 1.22 bits per heavy atom. The van der Waals surface area contributed by atoms with Gasteiger partial charge in [-0.1, -0.05) is 6.07 Å². The van der Waals surface area contributed by atoms with Crippen molar-refractivity contribution in [3.8, 4) is 0 Å². The highest BCUT2D eigenvalue weighted by molar-refractivity contribution is 5.81. The molecule has 0 aliphatic carbocycles. The van der Waals surface area contributed by atoms with E-state index in [-0.39, 0.29) is 12.8 Å². The molecule has 5 nitrogen and oxygen atoms in total. The molecule has 1 unspecified atom stereocenters. The molecule has 1 N–H and O–H groups in total. The molecular formula is C16H21F2NO4. The monoisotopic (exact) mass is 329 g/mol. The number of esters is 1. The van der Waals surface area contributed by atoms with Gasteiger partial charge >= 0.3 is 12.1 Å². The summed E-state index contributed by atoms with van der Waals surface area (Å²) in [5.41, 5.74) is -0.200. The van der Waals surface area contributed by atoms with Gasteiger partial charge in [0.25, 0.3) is 0 Å². The van der Waals surface area contributed by atoms with Crippen LogP contribution in [-0.4, -0.2) is 30.8 Å². The van der Waals surface area contributed by atoms with Gasteiger partial charge in [0, 0.05) is 0 Å². The number of methoxy groups -OCH3 is 1. The Kier molecular flexibility index (Phi) is 6.48. The lowest BCUT2D eigenvalue weighted by molar-refractivity contribution is -0.143. The zero-order chi connectivity index (χ0) is 17.6. The van der Waals surface area contributed by atoms with Crippen LogP contribution in [0.3, 0.4) is 0 Å². The molecule has 0 fully saturated rings. The molecule has 7 heteroatoms. The van der Waals surface area contributed by atoms with E-state index in [0.717, 1.165) is 12.1 Å². The third-order valence-corrected chi connectivity index (χ3v) is 2.88. The summed E-state index contributed by atoms with van der Waals surface area (Å²) < 4.78 is 35.8. The molecule has 1 atom stereocenters. The molecule has 1 aromatic rings. The number of rotatable bonds is 5. The van der Waals surface area contributed by atoms with E-state index in [1.54, 1.807) is 20.8 Å². The van der Waals surface area contributed by atoms with Gasteiger partial charge in [-0.3, -0.25) is 0 Å². The number of ether oxygens (including phenoxy) is 2. The smallest absolute Gasteiger partial charge is 0.408 e. The predicted octanol–water partition coefficient (Wildman–Crippen LogP) is 2.96. The number of hydrogen-bond donors (Lipinski definition) is 1. The number of alkyl carbamates (subject to hydrolysis) is 1. The maximum Gasteiger partial charge on any atom is 0.408 e. The van der Waals surface area contributed by atoms with E-state index < -0.39 is 35.3 Å². The molecule has 0 aromatic heterocycles. The van der Waals surface area contributed by atoms with E-state index in [1.807, 2.05) is 0 Å². The van der Waals surface area contributed by atoms with Crippen LogP contribution in [0.1, 0.15) is 32.8 Å². The topological polar surface area (TPSA) is 64.6 Å². The van der Waals surface area contributed by atoms with Crippen LogP contribution in [0.2, 0.25) is 0 Å². The second-order valence-corrected chi connectivity index (χ2v) is 6.01. The summed E-state index contributed by atoms with van der Waals surface area (Å²) in [6.07, 6.45) is -0.331. The molecule has 0 bridgehead atoms. The van der Waals surface area contributed by atoms with Crippen LogP contribution in [-0.2, 0) is 20.7 Å². The van der Waals surface area contributed by atoms with Gasteiger partial charge in [-0.05, 0) is 51.3 Å². The number of benzene rings is 1. The van der Waals surface area contributed by atoms with Gasteiger partial charge in [0.05, 0.1) is 7.11 Å². The molecule has 23 heavy (non-hydrogen) atoms. The molecule has 0 heterocycles. The molecule has 1 rings (SSSR count). The Morgan fingerprint density at radius 3 is 2.39 bits per heavy atom. The van der Waals surface area contributed by atoms with Crippen LogP contribution in [0.25, 0.3) is 0 Å². The zero-order valence-corrected chi connectivity index (χ0v) is 13.6. The Morgan fingerprint density at radius 2 is 1.87 bits per heavy atom. The minimum absolute atomic E-state index is 0.164. The van der Waals surface area contributed by atoms with Crippen LogP contribution < -0.4 is 5.32 Å². The number of amides is 1. The standard InChI is InChI=1S/C16H21F2NO4/c1-16(2,3)23-15(21)19-13(14(20)22-4)8-6-10-5-7-11(17)12(18)9-10/h5,7,9,13H,6,8H2,1-4H3,(H,19,21). The van der Waals surface area contributed by atoms with E-state index in [1.165, 1.54) is 13.2 Å². The molecular weight excluding hydrogens is 308 g/mol. The van der Waals surface area contributed by atoms with Crippen LogP contribution in [0.15, 0.2) is 18.2 Å². The van der Waals surface area contributed by atoms with Crippen molar-refractivity contribution in [3.63, 3.8) is 0 Å². The fourth-order valence-electron chi connectivity index (χ4n) is 1.85. The van der Waals surface area contributed by atoms with E-state index in [2.05, 4.69) is 10.1 Å². The average molecular weight is 329 g/mol. The number of carbonyl (C=O) groups excluding carboxylic acids is 2. The summed E-state index contributed by atoms with van der Waals surface area (Å²) in [5.74, 6) is -2.54. The SMILES string of the molecule is COC(=O)C(CCc1ccc(F)c(F)c1)NC(=O)OC(C)(C)C. The normalized spacial score (nSPS) is 12.4. The number of hydrogen-bond acceptors (Lipinski definition) is 4. The molecule has 1 amide bonds. The maximum atomic E-state index is 13.2. The minimum atomic E-state index is -0.961. The van der Waals surface area contributed by atoms with Gasteiger partial charge in [0.15, 0.2) is 11.6 Å². The van der Waals surface area contributed by atoms with Gasteiger partial charge < -0.3 is 14.8 Å². The van der Waals surface area contributed by atoms with Crippen molar-refractivity contribution in [2.45, 2.75) is 45.3 Å². The van der Waals surface area contributed by atoms with Crippen LogP contribution >= 0.6 is 0 Å². The molecule has 0 aliphatic rings. The van der Waals surface area contributed by atoms with Crippen molar-refractivity contribution in [1.82, 2.24) is 5.32 Å². The maximum absolute atomic E-state index is 13.2. The second kappa shape index (κ2) is 7.89. The minimum Gasteiger partial charge on any atom is -0.467 e. The lowest BCUT2D eigenvalue weighted by Crippen LogP contribution is -2.44. The molecule has 0 saturated carbocycles. The average Bonchev–Trinajstić information content (AvgIpc) is 2.44. The third-order valence-electron chi connectivity index (χ3n) is 2.88. The lowest BCUT2D eigenvalue weighted by atomic mass is 10.0. The van der Waals surface area contributed by atoms with Gasteiger partial charge in [0.1, 0.15) is 11.6 Å². The Balaban J connectivity index is 2.69. The fourth-order valence-corrected chi connectivity index (χ4v) is 1.85. The molecule has 0 aliphatic heterocycles. The molecule has 0 saturated heterocycles. The quantitative estimate of drug-likeness (QED) is 0.844. The molecule has 0 spiro atoms. The Hall–Kier alpha value is -2.18. The highest BCUT2D eigenvalue weighted by Gasteiger charge is 2.24. The van der Waals surface area contributed by atoms with E-state index in [4.69, 9.17) is 4.74 Å². The summed E-state index contributed by atoms with van der Waals surface area (Å²) in [6, 6.07) is 2.54. The van der Waals surface area contributed by atoms with Crippen molar-refractivity contribution >= 4 is 12.1 Å². The van der Waals surface area contributed by atoms with Gasteiger partial charge in [-0.25, -0.2) is 18.4 Å². The first kappa shape index (κ1) is 18.9. The van der Waals surface area contributed by atoms with Gasteiger partial charge in [-0.15, -0.1) is 0 Å². The van der Waals surface area contributed by atoms with Gasteiger partial charge in [0.2, 0.25) is 0 Å². The van der Waals surface area contributed by atoms with E-state index in [9.17, 15) is 18.4 Å². The van der Waals surface area contributed by atoms with Crippen molar-refractivity contribution in [2.75, 3.05) is 7.11 Å². The highest BCUT2D eigenvalue weighted by atomic mass is 19.2. The van der Waals surface area contributed by atoms with Crippen molar-refractivity contribution < 1.29 is 27.8 Å². The predicted molar refractivity (Wildman–Crippen MR) is 79.9 cm³/mol. The van der Waals surface area contributed by atoms with Crippen LogP contribution in [0.4, 0.5) is 13.6 Å². The van der Waals surface area contributed by atoms with Crippen molar-refractivity contribution in [1.29, 1.82) is 0 Å². The number of halogens is 2. The summed E-state index contributed by atoms with van der Waals surface area (Å²) in [6.45, 7) is 5.09. The third kappa shape index (κ3) is 6.63. The number of nitrogens with one attached hydrogen (secondary N) is 1. The van der Waals surface area contributed by atoms with Crippen molar-refractivity contribution in [3.05, 3.63) is 35.4 Å². The summed E-state index contributed by atoms with van der Waals surface area (Å²) in [4.78, 5) is 23.5. The second-order valence-electron chi connectivity index (χ2n) is 6.01. The first-order valence-corrected chi connectivity index (χ1v) is 7.13. The van der Waals surface area contributed by atoms with Gasteiger partial charge in [-0.2, -0.15) is 0 Å². The summed E-state index contributed by atoms with van der Waals surface area (Å²) >= 11 is 0. The lowest BCUT2D eigenvalue weighted by Gasteiger charge is -2.22. The Bertz CT molecular complexity index is 570. The molecule has 1 aromatic carbocycles. The van der Waals surface area contributed by atoms with Crippen LogP contribution in [0.5, 0.6) is 0 Å². The van der Waals surface area contributed by atoms with Crippen LogP contribution in [0, 0.1) is 11.6 Å². The van der Waals surface area contributed by atoms with E-state index >= 15 is 0 Å². The molecule has 0 radical (unpaired) electrons. The van der Waals surface area contributed by atoms with Crippen molar-refractivity contribution in [2.24, 2.45) is 0 Å². The number of carbonyl (C=O) groups is 2. The summed E-state index contributed by atoms with van der Waals surface area (Å²) in [7, 11) is 1.20. The Labute approximate surface area is 134 Å². The fraction of sp³-hybridized carbons (Fsp3) is 0.500. The first-order chi connectivity index (χ1) is 10.6. The molecule has 128 valence electrons. The summed E-state index contributed by atoms with van der Waals surface area (Å²) in [5, 5.41) is 2.42. The zero-order valence-electron chi connectivity index (χ0n) is 13.6. The first-order valence-electron chi connectivity index (χ1n) is 7.13. The largest absolute Gasteiger partial charge is 0.467 e. The highest BCUT2D eigenvalue weighted by Crippen LogP contribution is 2.13.